The maximum Gasteiger partial charge on any atom is 0.362 e. The van der Waals surface area contributed by atoms with Crippen LogP contribution < -0.4 is 15.8 Å². The molecule has 0 unspecified atom stereocenters. The van der Waals surface area contributed by atoms with E-state index in [-0.39, 0.29) is 11.6 Å². The average Bonchev–Trinajstić information content (AvgIpc) is 3.17. The quantitative estimate of drug-likeness (QED) is 0.700. The maximum atomic E-state index is 12.6. The summed E-state index contributed by atoms with van der Waals surface area (Å²) < 4.78 is 5.43. The largest absolute Gasteiger partial charge is 0.421 e. The smallest absolute Gasteiger partial charge is 0.362 e. The van der Waals surface area contributed by atoms with E-state index in [2.05, 4.69) is 10.2 Å². The van der Waals surface area contributed by atoms with Crippen molar-refractivity contribution in [2.75, 3.05) is 23.3 Å². The van der Waals surface area contributed by atoms with Gasteiger partial charge in [0.2, 0.25) is 0 Å². The lowest BCUT2D eigenvalue weighted by Gasteiger charge is -2.22. The van der Waals surface area contributed by atoms with Gasteiger partial charge in [-0.05, 0) is 49.2 Å². The number of anilines is 2. The van der Waals surface area contributed by atoms with Gasteiger partial charge in [0.25, 0.3) is 5.91 Å². The van der Waals surface area contributed by atoms with Gasteiger partial charge in [-0.3, -0.25) is 4.79 Å². The lowest BCUT2D eigenvalue weighted by Crippen LogP contribution is -2.25. The molecule has 132 valence electrons. The van der Waals surface area contributed by atoms with Crippen molar-refractivity contribution in [1.29, 1.82) is 0 Å². The summed E-state index contributed by atoms with van der Waals surface area (Å²) in [5.41, 5.74) is 1.31. The fraction of sp³-hybridized carbons (Fsp3) is 0.200. The lowest BCUT2D eigenvalue weighted by molar-refractivity contribution is 0.102. The van der Waals surface area contributed by atoms with E-state index in [0.717, 1.165) is 37.0 Å². The number of halogens is 1. The van der Waals surface area contributed by atoms with Gasteiger partial charge in [0.1, 0.15) is 5.58 Å². The first-order chi connectivity index (χ1) is 12.6. The molecule has 0 bridgehead atoms. The van der Waals surface area contributed by atoms with Crippen molar-refractivity contribution in [3.05, 3.63) is 69.5 Å². The molecule has 1 aromatic heterocycles. The zero-order valence-corrected chi connectivity index (χ0v) is 14.8. The molecular formula is C20H17ClN2O3. The van der Waals surface area contributed by atoms with Gasteiger partial charge in [0.05, 0.1) is 5.69 Å². The summed E-state index contributed by atoms with van der Waals surface area (Å²) >= 11 is 5.88. The minimum absolute atomic E-state index is 0.186. The predicted octanol–water partition coefficient (Wildman–Crippen LogP) is 4.30. The van der Waals surface area contributed by atoms with Gasteiger partial charge in [0, 0.05) is 29.1 Å². The van der Waals surface area contributed by atoms with Crippen LogP contribution in [0.5, 0.6) is 0 Å². The molecule has 1 saturated heterocycles. The second kappa shape index (κ2) is 6.84. The number of rotatable bonds is 3. The SMILES string of the molecule is O=C(Nc1c(N2CCCC2)c2ccccc2oc1=O)c1ccc(Cl)cc1. The predicted molar refractivity (Wildman–Crippen MR) is 103 cm³/mol. The molecule has 1 aliphatic heterocycles. The molecule has 0 saturated carbocycles. The fourth-order valence-electron chi connectivity index (χ4n) is 3.30. The molecular weight excluding hydrogens is 352 g/mol. The minimum Gasteiger partial charge on any atom is -0.421 e. The van der Waals surface area contributed by atoms with Crippen LogP contribution in [-0.4, -0.2) is 19.0 Å². The summed E-state index contributed by atoms with van der Waals surface area (Å²) in [6.07, 6.45) is 2.11. The first-order valence-corrected chi connectivity index (χ1v) is 8.89. The third-order valence-electron chi connectivity index (χ3n) is 4.55. The Hall–Kier alpha value is -2.79. The summed E-state index contributed by atoms with van der Waals surface area (Å²) in [4.78, 5) is 27.4. The molecule has 6 heteroatoms. The summed E-state index contributed by atoms with van der Waals surface area (Å²) in [5, 5.41) is 4.12. The van der Waals surface area contributed by atoms with Crippen molar-refractivity contribution in [3.8, 4) is 0 Å². The number of carbonyl (C=O) groups excluding carboxylic acids is 1. The molecule has 0 atom stereocenters. The van der Waals surface area contributed by atoms with Gasteiger partial charge in [-0.15, -0.1) is 0 Å². The molecule has 0 aliphatic carbocycles. The first-order valence-electron chi connectivity index (χ1n) is 8.51. The maximum absolute atomic E-state index is 12.6. The highest BCUT2D eigenvalue weighted by Crippen LogP contribution is 2.34. The van der Waals surface area contributed by atoms with E-state index in [1.807, 2.05) is 18.2 Å². The molecule has 1 aliphatic rings. The van der Waals surface area contributed by atoms with E-state index >= 15 is 0 Å². The number of carbonyl (C=O) groups is 1. The standard InChI is InChI=1S/C20H17ClN2O3/c21-14-9-7-13(8-10-14)19(24)22-17-18(23-11-3-4-12-23)15-5-1-2-6-16(15)26-20(17)25/h1-2,5-10H,3-4,11-12H2,(H,22,24). The Kier molecular flexibility index (Phi) is 4.39. The third kappa shape index (κ3) is 3.06. The van der Waals surface area contributed by atoms with E-state index in [1.54, 1.807) is 30.3 Å². The number of hydrogen-bond acceptors (Lipinski definition) is 4. The van der Waals surface area contributed by atoms with Crippen LogP contribution >= 0.6 is 11.6 Å². The number of para-hydroxylation sites is 1. The second-order valence-corrected chi connectivity index (χ2v) is 6.70. The molecule has 1 amide bonds. The van der Waals surface area contributed by atoms with Crippen LogP contribution in [0.25, 0.3) is 11.0 Å². The minimum atomic E-state index is -0.548. The first kappa shape index (κ1) is 16.7. The molecule has 5 nitrogen and oxygen atoms in total. The Morgan fingerprint density at radius 2 is 1.73 bits per heavy atom. The van der Waals surface area contributed by atoms with E-state index in [0.29, 0.717) is 16.2 Å². The molecule has 4 rings (SSSR count). The van der Waals surface area contributed by atoms with Crippen LogP contribution in [0.1, 0.15) is 23.2 Å². The monoisotopic (exact) mass is 368 g/mol. The number of hydrogen-bond donors (Lipinski definition) is 1. The summed E-state index contributed by atoms with van der Waals surface area (Å²) in [7, 11) is 0. The summed E-state index contributed by atoms with van der Waals surface area (Å²) in [5.74, 6) is -0.371. The van der Waals surface area contributed by atoms with Crippen LogP contribution in [-0.2, 0) is 0 Å². The van der Waals surface area contributed by atoms with Crippen molar-refractivity contribution in [3.63, 3.8) is 0 Å². The number of nitrogens with one attached hydrogen (secondary N) is 1. The van der Waals surface area contributed by atoms with Crippen molar-refractivity contribution in [1.82, 2.24) is 0 Å². The van der Waals surface area contributed by atoms with Crippen LogP contribution in [0.4, 0.5) is 11.4 Å². The van der Waals surface area contributed by atoms with Gasteiger partial charge in [-0.1, -0.05) is 23.7 Å². The van der Waals surface area contributed by atoms with E-state index in [1.165, 1.54) is 0 Å². The highest BCUT2D eigenvalue weighted by atomic mass is 35.5. The van der Waals surface area contributed by atoms with Gasteiger partial charge in [0.15, 0.2) is 5.69 Å². The van der Waals surface area contributed by atoms with Crippen LogP contribution in [0, 0.1) is 0 Å². The number of benzene rings is 2. The van der Waals surface area contributed by atoms with E-state index in [4.69, 9.17) is 16.0 Å². The van der Waals surface area contributed by atoms with Gasteiger partial charge in [-0.25, -0.2) is 4.79 Å². The van der Waals surface area contributed by atoms with Gasteiger partial charge >= 0.3 is 5.63 Å². The normalized spacial score (nSPS) is 14.0. The summed E-state index contributed by atoms with van der Waals surface area (Å²) in [6, 6.07) is 13.9. The van der Waals surface area contributed by atoms with Crippen LogP contribution in [0.3, 0.4) is 0 Å². The Labute approximate surface area is 155 Å². The molecule has 1 fully saturated rings. The van der Waals surface area contributed by atoms with Crippen molar-refractivity contribution < 1.29 is 9.21 Å². The number of fused-ring (bicyclic) bond motifs is 1. The number of amides is 1. The van der Waals surface area contributed by atoms with Crippen LogP contribution in [0.2, 0.25) is 5.02 Å². The molecule has 0 radical (unpaired) electrons. The van der Waals surface area contributed by atoms with E-state index in [9.17, 15) is 9.59 Å². The molecule has 3 aromatic rings. The zero-order valence-electron chi connectivity index (χ0n) is 14.0. The molecule has 1 N–H and O–H groups in total. The third-order valence-corrected chi connectivity index (χ3v) is 4.80. The Morgan fingerprint density at radius 1 is 1.04 bits per heavy atom. The van der Waals surface area contributed by atoms with Gasteiger partial charge < -0.3 is 14.6 Å². The average molecular weight is 369 g/mol. The van der Waals surface area contributed by atoms with Gasteiger partial charge in [-0.2, -0.15) is 0 Å². The topological polar surface area (TPSA) is 62.6 Å². The molecule has 2 heterocycles. The zero-order chi connectivity index (χ0) is 18.1. The Morgan fingerprint density at radius 3 is 2.46 bits per heavy atom. The van der Waals surface area contributed by atoms with Crippen LogP contribution in [0.15, 0.2) is 57.7 Å². The van der Waals surface area contributed by atoms with Crippen molar-refractivity contribution >= 4 is 39.9 Å². The molecule has 0 spiro atoms. The lowest BCUT2D eigenvalue weighted by atomic mass is 10.1. The highest BCUT2D eigenvalue weighted by molar-refractivity contribution is 6.30. The van der Waals surface area contributed by atoms with Crippen molar-refractivity contribution in [2.45, 2.75) is 12.8 Å². The number of nitrogens with zero attached hydrogens (tertiary/aromatic N) is 1. The Bertz CT molecular complexity index is 1020. The van der Waals surface area contributed by atoms with E-state index < -0.39 is 5.63 Å². The Balaban J connectivity index is 1.81. The second-order valence-electron chi connectivity index (χ2n) is 6.26. The molecule has 2 aromatic carbocycles. The van der Waals surface area contributed by atoms with Crippen molar-refractivity contribution in [2.24, 2.45) is 0 Å². The summed E-state index contributed by atoms with van der Waals surface area (Å²) in [6.45, 7) is 1.69. The fourth-order valence-corrected chi connectivity index (χ4v) is 3.43. The highest BCUT2D eigenvalue weighted by Gasteiger charge is 2.24. The molecule has 26 heavy (non-hydrogen) atoms.